The molecule has 6 heteroatoms. The molecule has 1 aromatic heterocycles. The second-order valence-corrected chi connectivity index (χ2v) is 2.81. The Balaban J connectivity index is 3.54. The first-order chi connectivity index (χ1) is 6.97. The Morgan fingerprint density at radius 2 is 1.93 bits per heavy atom. The van der Waals surface area contributed by atoms with E-state index in [0.717, 1.165) is 0 Å². The van der Waals surface area contributed by atoms with Crippen molar-refractivity contribution in [1.82, 2.24) is 4.98 Å². The number of nitrogens with zero attached hydrogens (tertiary/aromatic N) is 1. The van der Waals surface area contributed by atoms with Crippen LogP contribution in [0.2, 0.25) is 0 Å². The summed E-state index contributed by atoms with van der Waals surface area (Å²) in [4.78, 5) is 25.4. The van der Waals surface area contributed by atoms with Gasteiger partial charge in [0.1, 0.15) is 5.56 Å². The number of hydrogen-bond acceptors (Lipinski definition) is 4. The number of carbonyl (C=O) groups is 2. The van der Waals surface area contributed by atoms with Crippen molar-refractivity contribution in [2.75, 3.05) is 7.11 Å². The predicted octanol–water partition coefficient (Wildman–Crippen LogP) is 0.795. The second-order valence-electron chi connectivity index (χ2n) is 2.81. The van der Waals surface area contributed by atoms with Gasteiger partial charge in [-0.25, -0.2) is 14.6 Å². The van der Waals surface area contributed by atoms with Gasteiger partial charge in [0.15, 0.2) is 0 Å². The Kier molecular flexibility index (Phi) is 2.89. The molecule has 0 aromatic carbocycles. The summed E-state index contributed by atoms with van der Waals surface area (Å²) in [5.74, 6) is -2.90. The molecule has 0 saturated carbocycles. The third kappa shape index (κ3) is 2.04. The standard InChI is InChI=1S/C9H9NO5/c1-4-3-5(8(11)12)6(9(13)14)7(10-4)15-2/h3H,1-2H3,(H,11,12)(H,13,14). The highest BCUT2D eigenvalue weighted by atomic mass is 16.5. The summed E-state index contributed by atoms with van der Waals surface area (Å²) in [5, 5.41) is 17.6. The zero-order valence-corrected chi connectivity index (χ0v) is 8.14. The van der Waals surface area contributed by atoms with Crippen molar-refractivity contribution in [3.8, 4) is 5.88 Å². The monoisotopic (exact) mass is 211 g/mol. The maximum Gasteiger partial charge on any atom is 0.342 e. The van der Waals surface area contributed by atoms with Crippen molar-refractivity contribution in [3.63, 3.8) is 0 Å². The van der Waals surface area contributed by atoms with Gasteiger partial charge >= 0.3 is 11.9 Å². The lowest BCUT2D eigenvalue weighted by Crippen LogP contribution is -2.12. The molecule has 0 radical (unpaired) electrons. The minimum absolute atomic E-state index is 0.195. The topological polar surface area (TPSA) is 96.7 Å². The fourth-order valence-electron chi connectivity index (χ4n) is 1.17. The fourth-order valence-corrected chi connectivity index (χ4v) is 1.17. The molecule has 2 N–H and O–H groups in total. The number of carboxylic acids is 2. The number of aromatic carboxylic acids is 2. The number of carboxylic acid groups (broad SMARTS) is 2. The third-order valence-electron chi connectivity index (χ3n) is 1.75. The van der Waals surface area contributed by atoms with Crippen LogP contribution in [0.3, 0.4) is 0 Å². The van der Waals surface area contributed by atoms with E-state index in [2.05, 4.69) is 4.98 Å². The fraction of sp³-hybridized carbons (Fsp3) is 0.222. The van der Waals surface area contributed by atoms with E-state index in [1.807, 2.05) is 0 Å². The van der Waals surface area contributed by atoms with Crippen LogP contribution in [0.25, 0.3) is 0 Å². The summed E-state index contributed by atoms with van der Waals surface area (Å²) in [5.41, 5.74) is -0.378. The van der Waals surface area contributed by atoms with Crippen LogP contribution >= 0.6 is 0 Å². The number of pyridine rings is 1. The van der Waals surface area contributed by atoms with E-state index in [0.29, 0.717) is 5.69 Å². The quantitative estimate of drug-likeness (QED) is 0.767. The normalized spacial score (nSPS) is 9.73. The molecule has 15 heavy (non-hydrogen) atoms. The number of aromatic nitrogens is 1. The van der Waals surface area contributed by atoms with Gasteiger partial charge in [0, 0.05) is 5.69 Å². The lowest BCUT2D eigenvalue weighted by molar-refractivity contribution is 0.0647. The highest BCUT2D eigenvalue weighted by Crippen LogP contribution is 2.21. The van der Waals surface area contributed by atoms with E-state index in [-0.39, 0.29) is 11.4 Å². The largest absolute Gasteiger partial charge is 0.480 e. The van der Waals surface area contributed by atoms with Gasteiger partial charge < -0.3 is 14.9 Å². The molecule has 0 saturated heterocycles. The van der Waals surface area contributed by atoms with Crippen molar-refractivity contribution >= 4 is 11.9 Å². The van der Waals surface area contributed by atoms with Gasteiger partial charge in [-0.1, -0.05) is 0 Å². The number of ether oxygens (including phenoxy) is 1. The van der Waals surface area contributed by atoms with Crippen molar-refractivity contribution in [3.05, 3.63) is 22.9 Å². The Morgan fingerprint density at radius 1 is 1.33 bits per heavy atom. The van der Waals surface area contributed by atoms with Crippen LogP contribution in [0.1, 0.15) is 26.4 Å². The van der Waals surface area contributed by atoms with E-state index >= 15 is 0 Å². The van der Waals surface area contributed by atoms with Crippen molar-refractivity contribution in [1.29, 1.82) is 0 Å². The molecule has 6 nitrogen and oxygen atoms in total. The molecule has 0 aliphatic heterocycles. The minimum Gasteiger partial charge on any atom is -0.480 e. The van der Waals surface area contributed by atoms with Crippen molar-refractivity contribution in [2.45, 2.75) is 6.92 Å². The molecular formula is C9H9NO5. The molecule has 0 fully saturated rings. The maximum atomic E-state index is 10.8. The highest BCUT2D eigenvalue weighted by molar-refractivity contribution is 6.03. The van der Waals surface area contributed by atoms with Gasteiger partial charge in [-0.3, -0.25) is 0 Å². The summed E-state index contributed by atoms with van der Waals surface area (Å²) in [6, 6.07) is 1.19. The van der Waals surface area contributed by atoms with E-state index in [1.165, 1.54) is 13.2 Å². The molecule has 80 valence electrons. The molecule has 0 amide bonds. The van der Waals surface area contributed by atoms with Crippen molar-refractivity contribution < 1.29 is 24.5 Å². The van der Waals surface area contributed by atoms with E-state index < -0.39 is 17.5 Å². The lowest BCUT2D eigenvalue weighted by Gasteiger charge is -2.07. The molecule has 1 heterocycles. The van der Waals surface area contributed by atoms with Crippen LogP contribution in [0.5, 0.6) is 5.88 Å². The van der Waals surface area contributed by atoms with Crippen molar-refractivity contribution in [2.24, 2.45) is 0 Å². The number of aryl methyl sites for hydroxylation is 1. The van der Waals surface area contributed by atoms with E-state index in [1.54, 1.807) is 6.92 Å². The molecule has 0 bridgehead atoms. The second kappa shape index (κ2) is 3.95. The smallest absolute Gasteiger partial charge is 0.342 e. The highest BCUT2D eigenvalue weighted by Gasteiger charge is 2.22. The molecule has 1 aromatic rings. The Labute approximate surface area is 85.1 Å². The van der Waals surface area contributed by atoms with Crippen LogP contribution in [-0.4, -0.2) is 34.2 Å². The molecule has 1 rings (SSSR count). The summed E-state index contributed by atoms with van der Waals surface area (Å²) < 4.78 is 4.72. The van der Waals surface area contributed by atoms with Gasteiger partial charge in [-0.15, -0.1) is 0 Å². The summed E-state index contributed by atoms with van der Waals surface area (Å²) >= 11 is 0. The summed E-state index contributed by atoms with van der Waals surface area (Å²) in [6.07, 6.45) is 0. The van der Waals surface area contributed by atoms with Crippen LogP contribution in [0.4, 0.5) is 0 Å². The molecule has 0 aliphatic rings. The average Bonchev–Trinajstić information content (AvgIpc) is 2.15. The van der Waals surface area contributed by atoms with Gasteiger partial charge in [0.25, 0.3) is 0 Å². The van der Waals surface area contributed by atoms with Crippen LogP contribution in [0.15, 0.2) is 6.07 Å². The van der Waals surface area contributed by atoms with Gasteiger partial charge in [-0.05, 0) is 13.0 Å². The Bertz CT molecular complexity index is 427. The van der Waals surface area contributed by atoms with E-state index in [4.69, 9.17) is 14.9 Å². The Morgan fingerprint density at radius 3 is 2.33 bits per heavy atom. The van der Waals surface area contributed by atoms with Gasteiger partial charge in [0.05, 0.1) is 12.7 Å². The predicted molar refractivity (Wildman–Crippen MR) is 49.4 cm³/mol. The van der Waals surface area contributed by atoms with Crippen LogP contribution in [0, 0.1) is 6.92 Å². The molecular weight excluding hydrogens is 202 g/mol. The van der Waals surface area contributed by atoms with Gasteiger partial charge in [-0.2, -0.15) is 0 Å². The van der Waals surface area contributed by atoms with Crippen LogP contribution in [-0.2, 0) is 0 Å². The zero-order valence-electron chi connectivity index (χ0n) is 8.14. The number of methoxy groups -OCH3 is 1. The lowest BCUT2D eigenvalue weighted by atomic mass is 10.1. The number of hydrogen-bond donors (Lipinski definition) is 2. The molecule has 0 atom stereocenters. The van der Waals surface area contributed by atoms with Crippen LogP contribution < -0.4 is 4.74 Å². The summed E-state index contributed by atoms with van der Waals surface area (Å²) in [7, 11) is 1.24. The average molecular weight is 211 g/mol. The first kappa shape index (κ1) is 11.0. The minimum atomic E-state index is -1.38. The SMILES string of the molecule is COc1nc(C)cc(C(=O)O)c1C(=O)O. The first-order valence-electron chi connectivity index (χ1n) is 3.99. The summed E-state index contributed by atoms with van der Waals surface area (Å²) in [6.45, 7) is 1.56. The van der Waals surface area contributed by atoms with Gasteiger partial charge in [0.2, 0.25) is 5.88 Å². The first-order valence-corrected chi connectivity index (χ1v) is 3.99. The Hall–Kier alpha value is -2.11. The maximum absolute atomic E-state index is 10.8. The van der Waals surface area contributed by atoms with E-state index in [9.17, 15) is 9.59 Å². The third-order valence-corrected chi connectivity index (χ3v) is 1.75. The number of rotatable bonds is 3. The molecule has 0 spiro atoms. The molecule has 0 unspecified atom stereocenters. The molecule has 0 aliphatic carbocycles. The zero-order chi connectivity index (χ0) is 11.6.